The molecule has 4 rings (SSSR count). The molecule has 0 amide bonds. The first-order valence-electron chi connectivity index (χ1n) is 10.2. The van der Waals surface area contributed by atoms with Crippen molar-refractivity contribution in [1.82, 2.24) is 0 Å². The molecule has 0 spiro atoms. The van der Waals surface area contributed by atoms with Crippen molar-refractivity contribution < 1.29 is 14.7 Å². The number of fused-ring (bicyclic) bond motifs is 5. The highest BCUT2D eigenvalue weighted by atomic mass is 16.3. The predicted molar refractivity (Wildman–Crippen MR) is 96.8 cm³/mol. The van der Waals surface area contributed by atoms with Gasteiger partial charge < -0.3 is 5.11 Å². The second-order valence-electron chi connectivity index (χ2n) is 9.70. The van der Waals surface area contributed by atoms with Crippen molar-refractivity contribution in [2.24, 2.45) is 40.4 Å². The molecule has 0 aliphatic heterocycles. The molecular weight excluding hydrogens is 312 g/mol. The lowest BCUT2D eigenvalue weighted by molar-refractivity contribution is -0.131. The Hall–Kier alpha value is -0.960. The van der Waals surface area contributed by atoms with E-state index in [0.29, 0.717) is 30.0 Å². The molecule has 0 saturated heterocycles. The Morgan fingerprint density at radius 2 is 1.96 bits per heavy atom. The van der Waals surface area contributed by atoms with Crippen LogP contribution in [0.1, 0.15) is 65.7 Å². The molecule has 3 nitrogen and oxygen atoms in total. The Labute approximate surface area is 151 Å². The zero-order valence-electron chi connectivity index (χ0n) is 15.9. The van der Waals surface area contributed by atoms with Crippen LogP contribution in [0.25, 0.3) is 0 Å². The maximum atomic E-state index is 12.2. The average molecular weight is 344 g/mol. The van der Waals surface area contributed by atoms with Gasteiger partial charge in [0, 0.05) is 18.9 Å². The minimum absolute atomic E-state index is 0.0266. The fraction of sp³-hybridized carbons (Fsp3) is 0.818. The van der Waals surface area contributed by atoms with Gasteiger partial charge in [0.15, 0.2) is 5.78 Å². The summed E-state index contributed by atoms with van der Waals surface area (Å²) in [5.41, 5.74) is 1.44. The number of hydrogen-bond donors (Lipinski definition) is 1. The third-order valence-corrected chi connectivity index (χ3v) is 8.99. The first kappa shape index (κ1) is 17.5. The lowest BCUT2D eigenvalue weighted by Gasteiger charge is -2.60. The molecule has 4 aliphatic rings. The molecule has 0 aromatic rings. The van der Waals surface area contributed by atoms with Gasteiger partial charge in [-0.2, -0.15) is 0 Å². The summed E-state index contributed by atoms with van der Waals surface area (Å²) in [4.78, 5) is 24.3. The average Bonchev–Trinajstić information content (AvgIpc) is 2.92. The van der Waals surface area contributed by atoms with Crippen molar-refractivity contribution in [3.05, 3.63) is 11.6 Å². The minimum Gasteiger partial charge on any atom is -0.396 e. The zero-order valence-corrected chi connectivity index (χ0v) is 15.9. The summed E-state index contributed by atoms with van der Waals surface area (Å²) in [6.45, 7) is 6.58. The summed E-state index contributed by atoms with van der Waals surface area (Å²) in [7, 11) is 0. The number of Topliss-reactive ketones (excluding diaryl/α,β-unsaturated/α-hetero) is 1. The lowest BCUT2D eigenvalue weighted by atomic mass is 9.44. The Kier molecular flexibility index (Phi) is 4.03. The Morgan fingerprint density at radius 3 is 2.64 bits per heavy atom. The summed E-state index contributed by atoms with van der Waals surface area (Å²) in [6, 6.07) is 0. The smallest absolute Gasteiger partial charge is 0.156 e. The molecule has 3 fully saturated rings. The number of carbonyl (C=O) groups is 2. The van der Waals surface area contributed by atoms with Crippen molar-refractivity contribution in [3.8, 4) is 0 Å². The third-order valence-electron chi connectivity index (χ3n) is 8.99. The minimum atomic E-state index is -0.0266. The standard InChI is InChI=1S/C22H32O3/c1-13(24)18-6-7-19-17-5-4-14-10-16(25)11-15(12-23)22(14,3)20(17)8-9-21(18,19)2/h10,15,17-20,23H,4-9,11-12H2,1-3H3/t15?,17-,18+,19-,20-,21+,22+/m0/s1. The highest BCUT2D eigenvalue weighted by Gasteiger charge is 2.61. The molecule has 0 aromatic carbocycles. The van der Waals surface area contributed by atoms with Crippen molar-refractivity contribution in [1.29, 1.82) is 0 Å². The van der Waals surface area contributed by atoms with Crippen LogP contribution in [0.3, 0.4) is 0 Å². The topological polar surface area (TPSA) is 54.4 Å². The monoisotopic (exact) mass is 344 g/mol. The molecule has 4 aliphatic carbocycles. The van der Waals surface area contributed by atoms with Crippen LogP contribution in [0.15, 0.2) is 11.6 Å². The number of allylic oxidation sites excluding steroid dienone is 1. The van der Waals surface area contributed by atoms with Crippen molar-refractivity contribution in [3.63, 3.8) is 0 Å². The summed E-state index contributed by atoms with van der Waals surface area (Å²) < 4.78 is 0. The number of hydrogen-bond acceptors (Lipinski definition) is 3. The van der Waals surface area contributed by atoms with Gasteiger partial charge in [-0.05, 0) is 86.0 Å². The summed E-state index contributed by atoms with van der Waals surface area (Å²) in [5, 5.41) is 10.0. The van der Waals surface area contributed by atoms with Crippen LogP contribution < -0.4 is 0 Å². The van der Waals surface area contributed by atoms with Gasteiger partial charge in [0.05, 0.1) is 0 Å². The number of carbonyl (C=O) groups excluding carboxylic acids is 2. The van der Waals surface area contributed by atoms with Crippen molar-refractivity contribution in [2.75, 3.05) is 6.61 Å². The van der Waals surface area contributed by atoms with Crippen LogP contribution in [-0.4, -0.2) is 23.3 Å². The van der Waals surface area contributed by atoms with Gasteiger partial charge >= 0.3 is 0 Å². The van der Waals surface area contributed by atoms with Crippen LogP contribution >= 0.6 is 0 Å². The van der Waals surface area contributed by atoms with Crippen LogP contribution in [-0.2, 0) is 9.59 Å². The maximum Gasteiger partial charge on any atom is 0.156 e. The molecule has 1 N–H and O–H groups in total. The van der Waals surface area contributed by atoms with Gasteiger partial charge in [-0.15, -0.1) is 0 Å². The Bertz CT molecular complexity index is 635. The van der Waals surface area contributed by atoms with Crippen LogP contribution in [0, 0.1) is 40.4 Å². The summed E-state index contributed by atoms with van der Waals surface area (Å²) in [5.74, 6) is 2.72. The van der Waals surface area contributed by atoms with Gasteiger partial charge in [-0.1, -0.05) is 19.4 Å². The van der Waals surface area contributed by atoms with Crippen LogP contribution in [0.4, 0.5) is 0 Å². The van der Waals surface area contributed by atoms with E-state index in [4.69, 9.17) is 0 Å². The Morgan fingerprint density at radius 1 is 1.20 bits per heavy atom. The van der Waals surface area contributed by atoms with Crippen LogP contribution in [0.5, 0.6) is 0 Å². The van der Waals surface area contributed by atoms with E-state index in [2.05, 4.69) is 13.8 Å². The molecular formula is C22H32O3. The van der Waals surface area contributed by atoms with Gasteiger partial charge in [0.1, 0.15) is 5.78 Å². The Balaban J connectivity index is 1.70. The first-order valence-corrected chi connectivity index (χ1v) is 10.2. The molecule has 3 heteroatoms. The van der Waals surface area contributed by atoms with E-state index in [0.717, 1.165) is 32.1 Å². The fourth-order valence-corrected chi connectivity index (χ4v) is 7.69. The van der Waals surface area contributed by atoms with E-state index in [9.17, 15) is 14.7 Å². The molecule has 138 valence electrons. The molecule has 7 atom stereocenters. The SMILES string of the molecule is CC(=O)[C@H]1CC[C@H]2[C@@H]3CCC4=CC(=O)CC(CO)[C@]4(C)[C@H]3CC[C@]12C. The zero-order chi connectivity index (χ0) is 18.0. The quantitative estimate of drug-likeness (QED) is 0.825. The fourth-order valence-electron chi connectivity index (χ4n) is 7.69. The largest absolute Gasteiger partial charge is 0.396 e. The molecule has 0 heterocycles. The van der Waals surface area contributed by atoms with E-state index in [1.807, 2.05) is 6.08 Å². The van der Waals surface area contributed by atoms with Crippen LogP contribution in [0.2, 0.25) is 0 Å². The number of ketones is 2. The van der Waals surface area contributed by atoms with E-state index in [1.54, 1.807) is 6.92 Å². The third kappa shape index (κ3) is 2.27. The maximum absolute atomic E-state index is 12.2. The lowest BCUT2D eigenvalue weighted by Crippen LogP contribution is -2.54. The van der Waals surface area contributed by atoms with Gasteiger partial charge in [0.2, 0.25) is 0 Å². The second-order valence-corrected chi connectivity index (χ2v) is 9.70. The molecule has 0 aromatic heterocycles. The van der Waals surface area contributed by atoms with Crippen molar-refractivity contribution >= 4 is 11.6 Å². The second kappa shape index (κ2) is 5.77. The molecule has 1 unspecified atom stereocenters. The molecule has 0 radical (unpaired) electrons. The van der Waals surface area contributed by atoms with E-state index >= 15 is 0 Å². The molecule has 0 bridgehead atoms. The van der Waals surface area contributed by atoms with Gasteiger partial charge in [-0.3, -0.25) is 9.59 Å². The van der Waals surface area contributed by atoms with E-state index < -0.39 is 0 Å². The predicted octanol–water partition coefficient (Wildman–Crippen LogP) is 3.94. The molecule has 25 heavy (non-hydrogen) atoms. The summed E-state index contributed by atoms with van der Waals surface area (Å²) in [6.07, 6.45) is 9.05. The first-order chi connectivity index (χ1) is 11.8. The van der Waals surface area contributed by atoms with Gasteiger partial charge in [0.25, 0.3) is 0 Å². The number of aliphatic hydroxyl groups is 1. The number of aliphatic hydroxyl groups excluding tert-OH is 1. The highest BCUT2D eigenvalue weighted by Crippen LogP contribution is 2.67. The summed E-state index contributed by atoms with van der Waals surface area (Å²) >= 11 is 0. The highest BCUT2D eigenvalue weighted by molar-refractivity contribution is 5.92. The van der Waals surface area contributed by atoms with Crippen molar-refractivity contribution in [2.45, 2.75) is 65.7 Å². The molecule has 3 saturated carbocycles. The van der Waals surface area contributed by atoms with E-state index in [1.165, 1.54) is 12.0 Å². The van der Waals surface area contributed by atoms with Gasteiger partial charge in [-0.25, -0.2) is 0 Å². The van der Waals surface area contributed by atoms with E-state index in [-0.39, 0.29) is 35.1 Å². The number of rotatable bonds is 2. The normalized spacial score (nSPS) is 49.0.